The highest BCUT2D eigenvalue weighted by molar-refractivity contribution is 5.79. The first-order valence-corrected chi connectivity index (χ1v) is 21.1. The van der Waals surface area contributed by atoms with Gasteiger partial charge in [-0.3, -0.25) is 9.59 Å². The van der Waals surface area contributed by atoms with Gasteiger partial charge in [-0.15, -0.1) is 0 Å². The van der Waals surface area contributed by atoms with E-state index in [9.17, 15) is 9.59 Å². The summed E-state index contributed by atoms with van der Waals surface area (Å²) < 4.78 is 60.3. The van der Waals surface area contributed by atoms with Gasteiger partial charge in [0.1, 0.15) is 42.9 Å². The maximum absolute atomic E-state index is 14.1. The summed E-state index contributed by atoms with van der Waals surface area (Å²) in [5, 5.41) is 2.93. The Kier molecular flexibility index (Phi) is 9.67. The molecule has 54 heavy (non-hydrogen) atoms. The van der Waals surface area contributed by atoms with Gasteiger partial charge < -0.3 is 47.9 Å². The quantitative estimate of drug-likeness (QED) is 0.407. The van der Waals surface area contributed by atoms with Crippen molar-refractivity contribution >= 4 is 11.7 Å². The summed E-state index contributed by atoms with van der Waals surface area (Å²) in [5.74, 6) is -0.237. The molecule has 12 heteroatoms. The van der Waals surface area contributed by atoms with Crippen LogP contribution in [0.25, 0.3) is 0 Å². The van der Waals surface area contributed by atoms with Crippen molar-refractivity contribution in [1.29, 1.82) is 0 Å². The van der Waals surface area contributed by atoms with E-state index in [1.807, 2.05) is 0 Å². The van der Waals surface area contributed by atoms with Crippen molar-refractivity contribution in [3.63, 3.8) is 0 Å². The van der Waals surface area contributed by atoms with Crippen molar-refractivity contribution in [1.82, 2.24) is 5.32 Å². The number of carbonyl (C=O) groups excluding carboxylic acids is 2. The first-order chi connectivity index (χ1) is 26.1. The van der Waals surface area contributed by atoms with Crippen molar-refractivity contribution in [3.8, 4) is 0 Å². The second kappa shape index (κ2) is 14.3. The molecule has 11 aliphatic heterocycles. The second-order valence-electron chi connectivity index (χ2n) is 18.4. The summed E-state index contributed by atoms with van der Waals surface area (Å²) in [6.45, 7) is 14.0. The van der Waals surface area contributed by atoms with Crippen molar-refractivity contribution in [2.45, 2.75) is 195 Å². The van der Waals surface area contributed by atoms with Crippen LogP contribution in [0.3, 0.4) is 0 Å². The van der Waals surface area contributed by atoms with E-state index < -0.39 is 5.79 Å². The number of carbonyl (C=O) groups is 2. The van der Waals surface area contributed by atoms with Gasteiger partial charge in [-0.25, -0.2) is 0 Å². The molecule has 11 saturated heterocycles. The zero-order valence-electron chi connectivity index (χ0n) is 31.9. The van der Waals surface area contributed by atoms with E-state index in [0.717, 1.165) is 56.1 Å². The Balaban J connectivity index is 0.913. The SMILES string of the molecule is C=C1C[C@@H]2CC[C@@]34C[C@H]5O[C@H]6[C@@H](O3)[C@H]3O[C@H](CC[C@@H]3O[C@H]6[C@H]5O4)CC(=O)C[C@@H]3[C@@H](C)[C@@H](C[C@H]4CNC(=O)CO4)O[C@H]3C[C@H]3O[C@@H](CC[C@@H]1O2)C[C@@H](C)C3=C. The van der Waals surface area contributed by atoms with E-state index in [1.54, 1.807) is 0 Å². The van der Waals surface area contributed by atoms with Crippen molar-refractivity contribution in [2.24, 2.45) is 17.8 Å². The zero-order valence-corrected chi connectivity index (χ0v) is 31.9. The van der Waals surface area contributed by atoms with Crippen LogP contribution in [-0.2, 0) is 52.2 Å². The van der Waals surface area contributed by atoms with Crippen LogP contribution in [0.1, 0.15) is 97.3 Å². The van der Waals surface area contributed by atoms with Crippen LogP contribution in [0.2, 0.25) is 0 Å². The second-order valence-corrected chi connectivity index (χ2v) is 18.4. The highest BCUT2D eigenvalue weighted by Gasteiger charge is 2.68. The molecule has 0 saturated carbocycles. The number of ketones is 1. The molecule has 11 fully saturated rings. The Morgan fingerprint density at radius 2 is 1.50 bits per heavy atom. The number of ether oxygens (including phenoxy) is 9. The third kappa shape index (κ3) is 6.67. The topological polar surface area (TPSA) is 129 Å². The maximum atomic E-state index is 14.1. The third-order valence-corrected chi connectivity index (χ3v) is 14.9. The summed E-state index contributed by atoms with van der Waals surface area (Å²) in [5.41, 5.74) is 2.26. The average Bonchev–Trinajstić information content (AvgIpc) is 3.81. The van der Waals surface area contributed by atoms with E-state index in [1.165, 1.54) is 0 Å². The van der Waals surface area contributed by atoms with Crippen molar-refractivity contribution in [2.75, 3.05) is 13.2 Å². The van der Waals surface area contributed by atoms with Crippen LogP contribution < -0.4 is 5.32 Å². The molecule has 19 atom stereocenters. The predicted octanol–water partition coefficient (Wildman–Crippen LogP) is 4.25. The molecule has 11 rings (SSSR count). The molecule has 12 bridgehead atoms. The largest absolute Gasteiger partial charge is 0.374 e. The lowest BCUT2D eigenvalue weighted by Gasteiger charge is -2.47. The van der Waals surface area contributed by atoms with Gasteiger partial charge in [-0.05, 0) is 73.8 Å². The van der Waals surface area contributed by atoms with Crippen LogP contribution in [0, 0.1) is 17.8 Å². The maximum Gasteiger partial charge on any atom is 0.246 e. The van der Waals surface area contributed by atoms with Crippen molar-refractivity contribution < 1.29 is 52.2 Å². The Labute approximate surface area is 318 Å². The fourth-order valence-corrected chi connectivity index (χ4v) is 11.9. The molecule has 11 heterocycles. The fourth-order valence-electron chi connectivity index (χ4n) is 11.9. The van der Waals surface area contributed by atoms with Gasteiger partial charge in [0.2, 0.25) is 5.91 Å². The third-order valence-electron chi connectivity index (χ3n) is 14.9. The number of Topliss-reactive ketones (excluding diaryl/α,β-unsaturated/α-hetero) is 1. The number of fused-ring (bicyclic) bond motifs is 6. The molecule has 0 aromatic carbocycles. The molecule has 0 aliphatic carbocycles. The smallest absolute Gasteiger partial charge is 0.246 e. The van der Waals surface area contributed by atoms with Gasteiger partial charge in [0.05, 0.1) is 61.0 Å². The van der Waals surface area contributed by atoms with Gasteiger partial charge in [-0.2, -0.15) is 0 Å². The van der Waals surface area contributed by atoms with Gasteiger partial charge in [0, 0.05) is 45.1 Å². The molecule has 1 spiro atoms. The zero-order chi connectivity index (χ0) is 36.9. The summed E-state index contributed by atoms with van der Waals surface area (Å²) in [6, 6.07) is 0. The number of amides is 1. The highest BCUT2D eigenvalue weighted by atomic mass is 16.8. The lowest BCUT2D eigenvalue weighted by molar-refractivity contribution is -0.292. The first kappa shape index (κ1) is 36.6. The number of hydrogen-bond donors (Lipinski definition) is 1. The van der Waals surface area contributed by atoms with E-state index >= 15 is 0 Å². The molecule has 1 N–H and O–H groups in total. The molecule has 1 amide bonds. The minimum absolute atomic E-state index is 0.000756. The molecule has 11 aliphatic rings. The van der Waals surface area contributed by atoms with Crippen molar-refractivity contribution in [3.05, 3.63) is 24.3 Å². The van der Waals surface area contributed by atoms with Crippen LogP contribution in [0.15, 0.2) is 24.3 Å². The average molecular weight is 754 g/mol. The lowest BCUT2D eigenvalue weighted by Crippen LogP contribution is -2.61. The number of morpholine rings is 1. The Hall–Kier alpha value is -1.74. The predicted molar refractivity (Wildman–Crippen MR) is 192 cm³/mol. The summed E-state index contributed by atoms with van der Waals surface area (Å²) in [4.78, 5) is 25.9. The first-order valence-electron chi connectivity index (χ1n) is 21.1. The highest BCUT2D eigenvalue weighted by Crippen LogP contribution is 2.54. The number of hydrogen-bond acceptors (Lipinski definition) is 11. The molecular weight excluding hydrogens is 694 g/mol. The summed E-state index contributed by atoms with van der Waals surface area (Å²) in [6.07, 6.45) is 7.31. The minimum Gasteiger partial charge on any atom is -0.374 e. The lowest BCUT2D eigenvalue weighted by atomic mass is 9.78. The summed E-state index contributed by atoms with van der Waals surface area (Å²) in [7, 11) is 0. The Morgan fingerprint density at radius 1 is 0.722 bits per heavy atom. The van der Waals surface area contributed by atoms with Gasteiger partial charge in [0.15, 0.2) is 5.79 Å². The van der Waals surface area contributed by atoms with Gasteiger partial charge in [0.25, 0.3) is 0 Å². The van der Waals surface area contributed by atoms with E-state index in [4.69, 9.17) is 42.6 Å². The molecular formula is C42H59NO11. The molecule has 0 aromatic rings. The van der Waals surface area contributed by atoms with Crippen LogP contribution in [-0.4, -0.2) is 122 Å². The van der Waals surface area contributed by atoms with E-state index in [2.05, 4.69) is 32.3 Å². The Morgan fingerprint density at radius 3 is 2.35 bits per heavy atom. The molecule has 0 radical (unpaired) electrons. The molecule has 0 unspecified atom stereocenters. The number of rotatable bonds is 2. The Bertz CT molecular complexity index is 1500. The molecule has 12 nitrogen and oxygen atoms in total. The van der Waals surface area contributed by atoms with Crippen LogP contribution in [0.4, 0.5) is 0 Å². The van der Waals surface area contributed by atoms with E-state index in [0.29, 0.717) is 51.0 Å². The molecule has 0 aromatic heterocycles. The standard InChI is InChI=1S/C42H59NO11/c1-20-11-25-5-7-30-21(2)12-27(47-30)9-10-42-17-35-38(53-42)39-40(52-35)41(54-42)37-31(51-39)8-6-26(49-37)13-24(44)14-29-23(4)32(15-28-18-43-36(45)19-46-28)50-34(29)16-33(48-25)22(20)3/h20,23,25-35,37-41H,2-3,5-19H2,1,4H3,(H,43,45)/t20-,23-,25+,26-,27+,28+,29-,30+,31+,32-,33-,34+,35-,37+,38+,39+,40-,41+,42+/m1/s1. The van der Waals surface area contributed by atoms with Gasteiger partial charge in [-0.1, -0.05) is 27.0 Å². The fraction of sp³-hybridized carbons (Fsp3) is 0.857. The van der Waals surface area contributed by atoms with Crippen LogP contribution >= 0.6 is 0 Å². The van der Waals surface area contributed by atoms with Crippen LogP contribution in [0.5, 0.6) is 0 Å². The van der Waals surface area contributed by atoms with E-state index in [-0.39, 0.29) is 122 Å². The normalized spacial score (nSPS) is 53.2. The monoisotopic (exact) mass is 753 g/mol. The number of nitrogens with one attached hydrogen (secondary N) is 1. The summed E-state index contributed by atoms with van der Waals surface area (Å²) >= 11 is 0. The minimum atomic E-state index is -0.768. The van der Waals surface area contributed by atoms with Gasteiger partial charge >= 0.3 is 0 Å². The molecule has 298 valence electrons.